The fraction of sp³-hybridized carbons (Fsp3) is 0.857. The van der Waals surface area contributed by atoms with Crippen molar-refractivity contribution < 1.29 is 9.90 Å². The summed E-state index contributed by atoms with van der Waals surface area (Å²) in [6.07, 6.45) is 0.954. The van der Waals surface area contributed by atoms with Crippen molar-refractivity contribution >= 4 is 5.91 Å². The van der Waals surface area contributed by atoms with E-state index in [0.29, 0.717) is 5.92 Å². The quantitative estimate of drug-likeness (QED) is 0.554. The van der Waals surface area contributed by atoms with Crippen molar-refractivity contribution in [2.45, 2.75) is 13.3 Å². The third kappa shape index (κ3) is 1.48. The minimum Gasteiger partial charge on any atom is -0.396 e. The Bertz CT molecular complexity index is 136. The van der Waals surface area contributed by atoms with Gasteiger partial charge in [0.15, 0.2) is 0 Å². The Morgan fingerprint density at radius 1 is 1.80 bits per heavy atom. The van der Waals surface area contributed by atoms with Crippen LogP contribution < -0.4 is 0 Å². The molecule has 0 aromatic heterocycles. The molecule has 3 nitrogen and oxygen atoms in total. The van der Waals surface area contributed by atoms with Crippen LogP contribution in [0.2, 0.25) is 0 Å². The SMILES string of the molecule is CC(=O)N1CC[C@@H](CO)C1. The first kappa shape index (κ1) is 7.54. The Hall–Kier alpha value is -0.570. The molecule has 1 aliphatic rings. The highest BCUT2D eigenvalue weighted by Crippen LogP contribution is 2.14. The lowest BCUT2D eigenvalue weighted by atomic mass is 10.1. The second-order valence-electron chi connectivity index (χ2n) is 2.80. The molecule has 58 valence electrons. The van der Waals surface area contributed by atoms with E-state index in [1.54, 1.807) is 11.8 Å². The van der Waals surface area contributed by atoms with Gasteiger partial charge in [-0.15, -0.1) is 0 Å². The predicted octanol–water partition coefficient (Wildman–Crippen LogP) is -0.153. The second-order valence-corrected chi connectivity index (χ2v) is 2.80. The van der Waals surface area contributed by atoms with Crippen LogP contribution in [0.25, 0.3) is 0 Å². The van der Waals surface area contributed by atoms with E-state index in [-0.39, 0.29) is 12.5 Å². The maximum atomic E-state index is 10.8. The average Bonchev–Trinajstić information content (AvgIpc) is 2.34. The molecule has 1 atom stereocenters. The second kappa shape index (κ2) is 3.01. The molecule has 0 aromatic rings. The summed E-state index contributed by atoms with van der Waals surface area (Å²) in [7, 11) is 0. The van der Waals surface area contributed by atoms with Gasteiger partial charge < -0.3 is 10.0 Å². The van der Waals surface area contributed by atoms with Crippen molar-refractivity contribution in [3.05, 3.63) is 0 Å². The minimum absolute atomic E-state index is 0.121. The molecule has 0 unspecified atom stereocenters. The number of nitrogens with zero attached hydrogens (tertiary/aromatic N) is 1. The molecule has 0 aliphatic carbocycles. The first-order valence-electron chi connectivity index (χ1n) is 3.60. The summed E-state index contributed by atoms with van der Waals surface area (Å²) in [5.74, 6) is 0.444. The van der Waals surface area contributed by atoms with Crippen LogP contribution in [0.5, 0.6) is 0 Å². The van der Waals surface area contributed by atoms with Gasteiger partial charge in [0.2, 0.25) is 5.91 Å². The lowest BCUT2D eigenvalue weighted by Crippen LogP contribution is -2.26. The third-order valence-electron chi connectivity index (χ3n) is 1.99. The average molecular weight is 143 g/mol. The van der Waals surface area contributed by atoms with Crippen molar-refractivity contribution in [2.75, 3.05) is 19.7 Å². The van der Waals surface area contributed by atoms with Gasteiger partial charge in [0.25, 0.3) is 0 Å². The van der Waals surface area contributed by atoms with Crippen LogP contribution in [0.15, 0.2) is 0 Å². The molecule has 10 heavy (non-hydrogen) atoms. The number of rotatable bonds is 1. The molecule has 1 saturated heterocycles. The van der Waals surface area contributed by atoms with Gasteiger partial charge in [-0.3, -0.25) is 4.79 Å². The zero-order valence-electron chi connectivity index (χ0n) is 6.21. The number of carbonyl (C=O) groups excluding carboxylic acids is 1. The smallest absolute Gasteiger partial charge is 0.219 e. The third-order valence-corrected chi connectivity index (χ3v) is 1.99. The van der Waals surface area contributed by atoms with E-state index in [2.05, 4.69) is 0 Å². The number of hydrogen-bond donors (Lipinski definition) is 1. The van der Waals surface area contributed by atoms with Gasteiger partial charge >= 0.3 is 0 Å². The minimum atomic E-state index is 0.121. The van der Waals surface area contributed by atoms with E-state index in [9.17, 15) is 4.79 Å². The maximum absolute atomic E-state index is 10.8. The standard InChI is InChI=1S/C7H13NO2/c1-6(10)8-3-2-7(4-8)5-9/h7,9H,2-5H2,1H3/t7-/m1/s1. The van der Waals surface area contributed by atoms with E-state index >= 15 is 0 Å². The number of hydrogen-bond acceptors (Lipinski definition) is 2. The number of likely N-dealkylation sites (tertiary alicyclic amines) is 1. The number of carbonyl (C=O) groups is 1. The summed E-state index contributed by atoms with van der Waals surface area (Å²) in [5.41, 5.74) is 0. The van der Waals surface area contributed by atoms with Crippen LogP contribution in [0, 0.1) is 5.92 Å². The van der Waals surface area contributed by atoms with E-state index in [1.165, 1.54) is 0 Å². The van der Waals surface area contributed by atoms with Crippen LogP contribution in [-0.2, 0) is 4.79 Å². The molecule has 0 bridgehead atoms. The fourth-order valence-electron chi connectivity index (χ4n) is 1.27. The molecule has 0 saturated carbocycles. The molecule has 1 rings (SSSR count). The summed E-state index contributed by atoms with van der Waals surface area (Å²) in [6, 6.07) is 0. The van der Waals surface area contributed by atoms with Crippen LogP contribution in [0.3, 0.4) is 0 Å². The van der Waals surface area contributed by atoms with Crippen LogP contribution >= 0.6 is 0 Å². The topological polar surface area (TPSA) is 40.5 Å². The fourth-order valence-corrected chi connectivity index (χ4v) is 1.27. The molecule has 1 fully saturated rings. The van der Waals surface area contributed by atoms with E-state index in [1.807, 2.05) is 0 Å². The molecule has 1 N–H and O–H groups in total. The first-order valence-corrected chi connectivity index (χ1v) is 3.60. The van der Waals surface area contributed by atoms with Crippen molar-refractivity contribution in [2.24, 2.45) is 5.92 Å². The molecular weight excluding hydrogens is 130 g/mol. The highest BCUT2D eigenvalue weighted by atomic mass is 16.3. The lowest BCUT2D eigenvalue weighted by molar-refractivity contribution is -0.127. The Kier molecular flexibility index (Phi) is 2.27. The van der Waals surface area contributed by atoms with Gasteiger partial charge in [0.05, 0.1) is 0 Å². The zero-order chi connectivity index (χ0) is 7.56. The van der Waals surface area contributed by atoms with Crippen LogP contribution in [0.1, 0.15) is 13.3 Å². The first-order chi connectivity index (χ1) is 4.74. The van der Waals surface area contributed by atoms with Crippen molar-refractivity contribution in [1.29, 1.82) is 0 Å². The largest absolute Gasteiger partial charge is 0.396 e. The van der Waals surface area contributed by atoms with Gasteiger partial charge in [0, 0.05) is 32.5 Å². The van der Waals surface area contributed by atoms with Gasteiger partial charge in [0.1, 0.15) is 0 Å². The predicted molar refractivity (Wildman–Crippen MR) is 37.4 cm³/mol. The number of amides is 1. The Morgan fingerprint density at radius 2 is 2.50 bits per heavy atom. The molecule has 1 amide bonds. The lowest BCUT2D eigenvalue weighted by Gasteiger charge is -2.12. The molecule has 0 spiro atoms. The normalized spacial score (nSPS) is 25.4. The Balaban J connectivity index is 2.35. The van der Waals surface area contributed by atoms with Crippen LogP contribution in [-0.4, -0.2) is 35.6 Å². The zero-order valence-corrected chi connectivity index (χ0v) is 6.21. The van der Waals surface area contributed by atoms with Crippen LogP contribution in [0.4, 0.5) is 0 Å². The number of aliphatic hydroxyl groups is 1. The maximum Gasteiger partial charge on any atom is 0.219 e. The van der Waals surface area contributed by atoms with E-state index < -0.39 is 0 Å². The molecule has 3 heteroatoms. The van der Waals surface area contributed by atoms with Crippen molar-refractivity contribution in [3.8, 4) is 0 Å². The Labute approximate surface area is 60.6 Å². The summed E-state index contributed by atoms with van der Waals surface area (Å²) in [6.45, 7) is 3.34. The van der Waals surface area contributed by atoms with Gasteiger partial charge in [-0.05, 0) is 6.42 Å². The van der Waals surface area contributed by atoms with Gasteiger partial charge in [-0.2, -0.15) is 0 Å². The summed E-state index contributed by atoms with van der Waals surface area (Å²) < 4.78 is 0. The molecule has 0 radical (unpaired) electrons. The highest BCUT2D eigenvalue weighted by Gasteiger charge is 2.22. The summed E-state index contributed by atoms with van der Waals surface area (Å²) in [4.78, 5) is 12.5. The number of aliphatic hydroxyl groups excluding tert-OH is 1. The monoisotopic (exact) mass is 143 g/mol. The van der Waals surface area contributed by atoms with Gasteiger partial charge in [-0.1, -0.05) is 0 Å². The summed E-state index contributed by atoms with van der Waals surface area (Å²) >= 11 is 0. The van der Waals surface area contributed by atoms with E-state index in [4.69, 9.17) is 5.11 Å². The molecule has 0 aromatic carbocycles. The summed E-state index contributed by atoms with van der Waals surface area (Å²) in [5, 5.41) is 8.73. The van der Waals surface area contributed by atoms with Crippen molar-refractivity contribution in [1.82, 2.24) is 4.90 Å². The van der Waals surface area contributed by atoms with E-state index in [0.717, 1.165) is 19.5 Å². The molecular formula is C7H13NO2. The molecule has 1 heterocycles. The van der Waals surface area contributed by atoms with Gasteiger partial charge in [-0.25, -0.2) is 0 Å². The molecule has 1 aliphatic heterocycles. The van der Waals surface area contributed by atoms with Crippen molar-refractivity contribution in [3.63, 3.8) is 0 Å². The highest BCUT2D eigenvalue weighted by molar-refractivity contribution is 5.73. The Morgan fingerprint density at radius 3 is 2.80 bits per heavy atom.